The third-order valence-electron chi connectivity index (χ3n) is 3.74. The van der Waals surface area contributed by atoms with E-state index in [4.69, 9.17) is 4.74 Å². The Hall–Kier alpha value is -1.30. The van der Waals surface area contributed by atoms with E-state index in [1.807, 2.05) is 31.3 Å². The van der Waals surface area contributed by atoms with Crippen molar-refractivity contribution in [1.29, 1.82) is 0 Å². The Labute approximate surface area is 132 Å². The van der Waals surface area contributed by atoms with E-state index in [-0.39, 0.29) is 18.3 Å². The van der Waals surface area contributed by atoms with Crippen molar-refractivity contribution in [1.82, 2.24) is 10.2 Å². The van der Waals surface area contributed by atoms with Gasteiger partial charge in [-0.15, -0.1) is 12.4 Å². The number of anilines is 1. The van der Waals surface area contributed by atoms with Gasteiger partial charge in [-0.2, -0.15) is 0 Å². The van der Waals surface area contributed by atoms with Gasteiger partial charge in [-0.3, -0.25) is 9.69 Å². The van der Waals surface area contributed by atoms with Crippen molar-refractivity contribution >= 4 is 24.0 Å². The first-order chi connectivity index (χ1) is 9.71. The fraction of sp³-hybridized carbons (Fsp3) is 0.533. The van der Waals surface area contributed by atoms with Crippen molar-refractivity contribution in [3.05, 3.63) is 24.3 Å². The number of halogens is 1. The number of methoxy groups -OCH3 is 1. The summed E-state index contributed by atoms with van der Waals surface area (Å²) in [5.74, 6) is 0.829. The minimum Gasteiger partial charge on any atom is -0.497 e. The van der Waals surface area contributed by atoms with Gasteiger partial charge in [0.05, 0.1) is 13.7 Å². The normalized spacial score (nSPS) is 16.1. The molecule has 0 bridgehead atoms. The molecule has 1 fully saturated rings. The van der Waals surface area contributed by atoms with Gasteiger partial charge in [0.15, 0.2) is 0 Å². The second-order valence-electron chi connectivity index (χ2n) is 5.12. The fourth-order valence-corrected chi connectivity index (χ4v) is 2.46. The van der Waals surface area contributed by atoms with Crippen LogP contribution < -0.4 is 15.4 Å². The smallest absolute Gasteiger partial charge is 0.238 e. The lowest BCUT2D eigenvalue weighted by atomic mass is 10.1. The van der Waals surface area contributed by atoms with E-state index in [2.05, 4.69) is 15.5 Å². The maximum Gasteiger partial charge on any atom is 0.238 e. The Kier molecular flexibility index (Phi) is 7.50. The summed E-state index contributed by atoms with van der Waals surface area (Å²) >= 11 is 0. The van der Waals surface area contributed by atoms with Gasteiger partial charge in [-0.1, -0.05) is 0 Å². The van der Waals surface area contributed by atoms with Crippen molar-refractivity contribution in [2.45, 2.75) is 18.9 Å². The molecule has 1 aromatic rings. The fourth-order valence-electron chi connectivity index (χ4n) is 2.46. The largest absolute Gasteiger partial charge is 0.497 e. The van der Waals surface area contributed by atoms with Gasteiger partial charge in [-0.25, -0.2) is 0 Å². The summed E-state index contributed by atoms with van der Waals surface area (Å²) in [6.07, 6.45) is 2.21. The van der Waals surface area contributed by atoms with Crippen LogP contribution in [0.25, 0.3) is 0 Å². The number of amides is 1. The number of hydrogen-bond acceptors (Lipinski definition) is 4. The maximum absolute atomic E-state index is 12.0. The number of piperidine rings is 1. The number of carbonyl (C=O) groups is 1. The van der Waals surface area contributed by atoms with Crippen LogP contribution in [0.2, 0.25) is 0 Å². The first-order valence-corrected chi connectivity index (χ1v) is 7.05. The molecule has 0 atom stereocenters. The zero-order valence-electron chi connectivity index (χ0n) is 12.6. The molecule has 0 aliphatic carbocycles. The van der Waals surface area contributed by atoms with Gasteiger partial charge in [0.2, 0.25) is 5.91 Å². The van der Waals surface area contributed by atoms with Crippen LogP contribution in [0, 0.1) is 0 Å². The molecule has 0 spiro atoms. The minimum absolute atomic E-state index is 0. The molecule has 1 amide bonds. The SMILES string of the molecule is CNC1CCN(CC(=O)Nc2ccc(OC)cc2)CC1.Cl. The number of likely N-dealkylation sites (tertiary alicyclic amines) is 1. The molecule has 0 saturated carbocycles. The third-order valence-corrected chi connectivity index (χ3v) is 3.74. The first kappa shape index (κ1) is 17.8. The predicted octanol–water partition coefficient (Wildman–Crippen LogP) is 1.74. The molecule has 1 aliphatic rings. The summed E-state index contributed by atoms with van der Waals surface area (Å²) in [6, 6.07) is 7.98. The maximum atomic E-state index is 12.0. The third kappa shape index (κ3) is 5.53. The highest BCUT2D eigenvalue weighted by atomic mass is 35.5. The lowest BCUT2D eigenvalue weighted by Crippen LogP contribution is -2.44. The van der Waals surface area contributed by atoms with Crippen molar-refractivity contribution in [2.24, 2.45) is 0 Å². The topological polar surface area (TPSA) is 53.6 Å². The van der Waals surface area contributed by atoms with Gasteiger partial charge in [0, 0.05) is 24.8 Å². The Morgan fingerprint density at radius 3 is 2.43 bits per heavy atom. The molecular weight excluding hydrogens is 290 g/mol. The minimum atomic E-state index is 0. The molecule has 0 radical (unpaired) electrons. The number of rotatable bonds is 5. The molecule has 1 aromatic carbocycles. The van der Waals surface area contributed by atoms with E-state index in [1.54, 1.807) is 7.11 Å². The van der Waals surface area contributed by atoms with Crippen LogP contribution in [0.5, 0.6) is 5.75 Å². The molecule has 2 rings (SSSR count). The molecule has 0 aromatic heterocycles. The summed E-state index contributed by atoms with van der Waals surface area (Å²) in [6.45, 7) is 2.41. The summed E-state index contributed by atoms with van der Waals surface area (Å²) in [5.41, 5.74) is 0.806. The standard InChI is InChI=1S/C15H23N3O2.ClH/c1-16-12-7-9-18(10-8-12)11-15(19)17-13-3-5-14(20-2)6-4-13;/h3-6,12,16H,7-11H2,1-2H3,(H,17,19);1H. The quantitative estimate of drug-likeness (QED) is 0.869. The van der Waals surface area contributed by atoms with E-state index < -0.39 is 0 Å². The van der Waals surface area contributed by atoms with Crippen molar-refractivity contribution in [3.63, 3.8) is 0 Å². The molecule has 6 heteroatoms. The molecule has 118 valence electrons. The lowest BCUT2D eigenvalue weighted by molar-refractivity contribution is -0.117. The Balaban J connectivity index is 0.00000220. The number of ether oxygens (including phenoxy) is 1. The lowest BCUT2D eigenvalue weighted by Gasteiger charge is -2.31. The van der Waals surface area contributed by atoms with Gasteiger partial charge >= 0.3 is 0 Å². The van der Waals surface area contributed by atoms with Crippen LogP contribution in [0.3, 0.4) is 0 Å². The van der Waals surface area contributed by atoms with E-state index in [0.29, 0.717) is 12.6 Å². The Bertz CT molecular complexity index is 431. The van der Waals surface area contributed by atoms with Crippen LogP contribution >= 0.6 is 12.4 Å². The summed E-state index contributed by atoms with van der Waals surface area (Å²) in [4.78, 5) is 14.2. The van der Waals surface area contributed by atoms with Gasteiger partial charge in [-0.05, 0) is 44.2 Å². The van der Waals surface area contributed by atoms with E-state index >= 15 is 0 Å². The van der Waals surface area contributed by atoms with Crippen LogP contribution in [0.4, 0.5) is 5.69 Å². The second kappa shape index (κ2) is 8.87. The van der Waals surface area contributed by atoms with E-state index in [1.165, 1.54) is 0 Å². The summed E-state index contributed by atoms with van der Waals surface area (Å²) in [7, 11) is 3.62. The number of benzene rings is 1. The summed E-state index contributed by atoms with van der Waals surface area (Å²) in [5, 5.41) is 6.20. The number of nitrogens with one attached hydrogen (secondary N) is 2. The molecule has 5 nitrogen and oxygen atoms in total. The molecule has 1 saturated heterocycles. The molecule has 2 N–H and O–H groups in total. The average Bonchev–Trinajstić information content (AvgIpc) is 2.49. The Morgan fingerprint density at radius 2 is 1.90 bits per heavy atom. The van der Waals surface area contributed by atoms with Crippen molar-refractivity contribution in [2.75, 3.05) is 39.1 Å². The zero-order chi connectivity index (χ0) is 14.4. The number of nitrogens with zero attached hydrogens (tertiary/aromatic N) is 1. The van der Waals surface area contributed by atoms with Gasteiger partial charge < -0.3 is 15.4 Å². The molecule has 21 heavy (non-hydrogen) atoms. The highest BCUT2D eigenvalue weighted by molar-refractivity contribution is 5.92. The van der Waals surface area contributed by atoms with E-state index in [9.17, 15) is 4.79 Å². The highest BCUT2D eigenvalue weighted by Gasteiger charge is 2.19. The van der Waals surface area contributed by atoms with Crippen LogP contribution in [0.15, 0.2) is 24.3 Å². The van der Waals surface area contributed by atoms with Crippen molar-refractivity contribution in [3.8, 4) is 5.75 Å². The van der Waals surface area contributed by atoms with Gasteiger partial charge in [0.25, 0.3) is 0 Å². The molecule has 1 heterocycles. The summed E-state index contributed by atoms with van der Waals surface area (Å²) < 4.78 is 5.09. The van der Waals surface area contributed by atoms with Gasteiger partial charge in [0.1, 0.15) is 5.75 Å². The average molecular weight is 314 g/mol. The predicted molar refractivity (Wildman–Crippen MR) is 87.4 cm³/mol. The second-order valence-corrected chi connectivity index (χ2v) is 5.12. The van der Waals surface area contributed by atoms with E-state index in [0.717, 1.165) is 37.4 Å². The van der Waals surface area contributed by atoms with Crippen LogP contribution in [-0.2, 0) is 4.79 Å². The Morgan fingerprint density at radius 1 is 1.29 bits per heavy atom. The van der Waals surface area contributed by atoms with Crippen LogP contribution in [0.1, 0.15) is 12.8 Å². The zero-order valence-corrected chi connectivity index (χ0v) is 13.4. The highest BCUT2D eigenvalue weighted by Crippen LogP contribution is 2.15. The number of hydrogen-bond donors (Lipinski definition) is 2. The van der Waals surface area contributed by atoms with Crippen molar-refractivity contribution < 1.29 is 9.53 Å². The first-order valence-electron chi connectivity index (χ1n) is 7.05. The van der Waals surface area contributed by atoms with Crippen LogP contribution in [-0.4, -0.2) is 50.6 Å². The molecule has 0 unspecified atom stereocenters. The number of carbonyl (C=O) groups excluding carboxylic acids is 1. The monoisotopic (exact) mass is 313 g/mol. The molecule has 1 aliphatic heterocycles. The molecular formula is C15H24ClN3O2.